The fourth-order valence-corrected chi connectivity index (χ4v) is 1.37. The van der Waals surface area contributed by atoms with Gasteiger partial charge in [-0.05, 0) is 6.07 Å². The van der Waals surface area contributed by atoms with Crippen LogP contribution in [-0.4, -0.2) is 15.0 Å². The van der Waals surface area contributed by atoms with E-state index in [9.17, 15) is 18.0 Å². The molecule has 2 aromatic rings. The fraction of sp³-hybridized carbons (Fsp3) is 0.100. The van der Waals surface area contributed by atoms with Crippen molar-refractivity contribution in [2.75, 3.05) is 0 Å². The Morgan fingerprint density at radius 2 is 1.88 bits per heavy atom. The molecule has 0 saturated heterocycles. The molecule has 0 unspecified atom stereocenters. The summed E-state index contributed by atoms with van der Waals surface area (Å²) in [5, 5.41) is 0. The first-order valence-electron chi connectivity index (χ1n) is 4.54. The van der Waals surface area contributed by atoms with Crippen LogP contribution in [0.5, 0.6) is 0 Å². The second-order valence-corrected chi connectivity index (χ2v) is 3.23. The molecule has 0 fully saturated rings. The van der Waals surface area contributed by atoms with Crippen molar-refractivity contribution >= 4 is 0 Å². The number of pyridine rings is 1. The van der Waals surface area contributed by atoms with Crippen LogP contribution in [0.4, 0.5) is 13.2 Å². The average Bonchev–Trinajstić information content (AvgIpc) is 2.28. The van der Waals surface area contributed by atoms with Crippen molar-refractivity contribution in [1.82, 2.24) is 15.0 Å². The maximum absolute atomic E-state index is 12.7. The SMILES string of the molecule is O=c1cncc(-c2cnccc2C(F)(F)F)[nH]1. The smallest absolute Gasteiger partial charge is 0.319 e. The van der Waals surface area contributed by atoms with E-state index in [4.69, 9.17) is 0 Å². The molecule has 0 spiro atoms. The number of rotatable bonds is 1. The van der Waals surface area contributed by atoms with Crippen LogP contribution >= 0.6 is 0 Å². The van der Waals surface area contributed by atoms with Crippen molar-refractivity contribution in [3.05, 3.63) is 46.8 Å². The lowest BCUT2D eigenvalue weighted by Gasteiger charge is -2.11. The standard InChI is InChI=1S/C10H6F3N3O/c11-10(12,13)7-1-2-14-3-6(7)8-4-15-5-9(17)16-8/h1-5H,(H,16,17). The molecular weight excluding hydrogens is 235 g/mol. The Hall–Kier alpha value is -2.18. The van der Waals surface area contributed by atoms with E-state index < -0.39 is 17.3 Å². The van der Waals surface area contributed by atoms with Gasteiger partial charge in [-0.2, -0.15) is 13.2 Å². The highest BCUT2D eigenvalue weighted by atomic mass is 19.4. The Kier molecular flexibility index (Phi) is 2.66. The van der Waals surface area contributed by atoms with Crippen LogP contribution in [0, 0.1) is 0 Å². The predicted molar refractivity (Wildman–Crippen MR) is 53.1 cm³/mol. The second-order valence-electron chi connectivity index (χ2n) is 3.23. The van der Waals surface area contributed by atoms with Crippen molar-refractivity contribution in [3.8, 4) is 11.3 Å². The topological polar surface area (TPSA) is 58.6 Å². The molecule has 0 atom stereocenters. The van der Waals surface area contributed by atoms with E-state index in [0.717, 1.165) is 30.9 Å². The number of aromatic amines is 1. The zero-order valence-electron chi connectivity index (χ0n) is 8.32. The first-order valence-corrected chi connectivity index (χ1v) is 4.54. The molecule has 4 nitrogen and oxygen atoms in total. The molecule has 88 valence electrons. The Morgan fingerprint density at radius 1 is 1.12 bits per heavy atom. The molecule has 0 aliphatic carbocycles. The molecule has 7 heteroatoms. The number of nitrogens with one attached hydrogen (secondary N) is 1. The largest absolute Gasteiger partial charge is 0.417 e. The lowest BCUT2D eigenvalue weighted by atomic mass is 10.1. The maximum Gasteiger partial charge on any atom is 0.417 e. The highest BCUT2D eigenvalue weighted by Gasteiger charge is 2.33. The van der Waals surface area contributed by atoms with Gasteiger partial charge in [-0.3, -0.25) is 14.8 Å². The first kappa shape index (κ1) is 11.3. The van der Waals surface area contributed by atoms with Crippen molar-refractivity contribution in [1.29, 1.82) is 0 Å². The van der Waals surface area contributed by atoms with Crippen LogP contribution in [-0.2, 0) is 6.18 Å². The first-order chi connectivity index (χ1) is 7.98. The van der Waals surface area contributed by atoms with Gasteiger partial charge in [0.15, 0.2) is 0 Å². The molecule has 0 amide bonds. The average molecular weight is 241 g/mol. The van der Waals surface area contributed by atoms with E-state index in [2.05, 4.69) is 15.0 Å². The number of H-pyrrole nitrogens is 1. The summed E-state index contributed by atoms with van der Waals surface area (Å²) in [5.74, 6) is 0. The van der Waals surface area contributed by atoms with Crippen LogP contribution in [0.3, 0.4) is 0 Å². The summed E-state index contributed by atoms with van der Waals surface area (Å²) < 4.78 is 38.1. The molecule has 1 N–H and O–H groups in total. The third-order valence-corrected chi connectivity index (χ3v) is 2.07. The summed E-state index contributed by atoms with van der Waals surface area (Å²) in [5.41, 5.74) is -1.65. The minimum atomic E-state index is -4.51. The molecule has 0 aliphatic heterocycles. The summed E-state index contributed by atoms with van der Waals surface area (Å²) in [6.07, 6.45) is -0.303. The van der Waals surface area contributed by atoms with Crippen molar-refractivity contribution in [3.63, 3.8) is 0 Å². The Labute approximate surface area is 93.2 Å². The van der Waals surface area contributed by atoms with Gasteiger partial charge in [0, 0.05) is 18.0 Å². The molecule has 0 radical (unpaired) electrons. The molecule has 2 heterocycles. The van der Waals surface area contributed by atoms with Gasteiger partial charge in [-0.1, -0.05) is 0 Å². The third-order valence-electron chi connectivity index (χ3n) is 2.07. The Bertz CT molecular complexity index is 592. The summed E-state index contributed by atoms with van der Waals surface area (Å²) in [4.78, 5) is 20.4. The minimum absolute atomic E-state index is 0.0158. The van der Waals surface area contributed by atoms with Crippen LogP contribution < -0.4 is 5.56 Å². The molecule has 2 rings (SSSR count). The van der Waals surface area contributed by atoms with Gasteiger partial charge in [0.1, 0.15) is 0 Å². The van der Waals surface area contributed by atoms with Crippen LogP contribution in [0.2, 0.25) is 0 Å². The van der Waals surface area contributed by atoms with E-state index >= 15 is 0 Å². The monoisotopic (exact) mass is 241 g/mol. The zero-order valence-corrected chi connectivity index (χ0v) is 8.32. The van der Waals surface area contributed by atoms with Crippen molar-refractivity contribution in [2.45, 2.75) is 6.18 Å². The van der Waals surface area contributed by atoms with Gasteiger partial charge in [-0.15, -0.1) is 0 Å². The van der Waals surface area contributed by atoms with E-state index in [1.165, 1.54) is 0 Å². The highest BCUT2D eigenvalue weighted by Crippen LogP contribution is 2.35. The van der Waals surface area contributed by atoms with Crippen molar-refractivity contribution < 1.29 is 13.2 Å². The van der Waals surface area contributed by atoms with Crippen LogP contribution in [0.1, 0.15) is 5.56 Å². The van der Waals surface area contributed by atoms with Gasteiger partial charge in [0.25, 0.3) is 5.56 Å². The second kappa shape index (κ2) is 4.00. The number of hydrogen-bond acceptors (Lipinski definition) is 3. The number of aromatic nitrogens is 3. The fourth-order valence-electron chi connectivity index (χ4n) is 1.37. The molecule has 17 heavy (non-hydrogen) atoms. The normalized spacial score (nSPS) is 11.5. The van der Waals surface area contributed by atoms with Crippen LogP contribution in [0.25, 0.3) is 11.3 Å². The lowest BCUT2D eigenvalue weighted by Crippen LogP contribution is -2.11. The Morgan fingerprint density at radius 3 is 2.53 bits per heavy atom. The van der Waals surface area contributed by atoms with Gasteiger partial charge in [-0.25, -0.2) is 0 Å². The van der Waals surface area contributed by atoms with Gasteiger partial charge in [0.2, 0.25) is 0 Å². The molecule has 0 aliphatic rings. The zero-order chi connectivity index (χ0) is 12.5. The third kappa shape index (κ3) is 2.32. The quantitative estimate of drug-likeness (QED) is 0.828. The van der Waals surface area contributed by atoms with Crippen molar-refractivity contribution in [2.24, 2.45) is 0 Å². The van der Waals surface area contributed by atoms with E-state index in [0.29, 0.717) is 0 Å². The van der Waals surface area contributed by atoms with Gasteiger partial charge < -0.3 is 4.98 Å². The van der Waals surface area contributed by atoms with E-state index in [1.54, 1.807) is 0 Å². The number of alkyl halides is 3. The summed E-state index contributed by atoms with van der Waals surface area (Å²) >= 11 is 0. The summed E-state index contributed by atoms with van der Waals surface area (Å²) in [7, 11) is 0. The number of halogens is 3. The van der Waals surface area contributed by atoms with E-state index in [1.807, 2.05) is 0 Å². The highest BCUT2D eigenvalue weighted by molar-refractivity contribution is 5.62. The molecule has 0 bridgehead atoms. The predicted octanol–water partition coefficient (Wildman–Crippen LogP) is 1.85. The lowest BCUT2D eigenvalue weighted by molar-refractivity contribution is -0.137. The molecule has 0 saturated carbocycles. The Balaban J connectivity index is 2.64. The molecular formula is C10H6F3N3O. The van der Waals surface area contributed by atoms with Gasteiger partial charge in [0.05, 0.1) is 23.7 Å². The van der Waals surface area contributed by atoms with Crippen LogP contribution in [0.15, 0.2) is 35.6 Å². The van der Waals surface area contributed by atoms with E-state index in [-0.39, 0.29) is 11.3 Å². The number of hydrogen-bond donors (Lipinski definition) is 1. The number of nitrogens with zero attached hydrogens (tertiary/aromatic N) is 2. The molecule has 2 aromatic heterocycles. The van der Waals surface area contributed by atoms with Gasteiger partial charge >= 0.3 is 6.18 Å². The summed E-state index contributed by atoms with van der Waals surface area (Å²) in [6, 6.07) is 0.848. The summed E-state index contributed by atoms with van der Waals surface area (Å²) in [6.45, 7) is 0. The minimum Gasteiger partial charge on any atom is -0.319 e. The maximum atomic E-state index is 12.7. The molecule has 0 aromatic carbocycles.